The number of nitrogens with one attached hydrogen (secondary N) is 1. The summed E-state index contributed by atoms with van der Waals surface area (Å²) in [6.07, 6.45) is 3.68. The molecule has 21 heavy (non-hydrogen) atoms. The van der Waals surface area contributed by atoms with Crippen molar-refractivity contribution in [2.24, 2.45) is 7.05 Å². The molecule has 1 aromatic heterocycles. The molecule has 0 bridgehead atoms. The van der Waals surface area contributed by atoms with Crippen molar-refractivity contribution in [3.63, 3.8) is 0 Å². The van der Waals surface area contributed by atoms with Crippen LogP contribution in [0.1, 0.15) is 18.1 Å². The summed E-state index contributed by atoms with van der Waals surface area (Å²) in [7, 11) is -1.40. The Morgan fingerprint density at radius 1 is 1.29 bits per heavy atom. The molecule has 0 aliphatic carbocycles. The highest BCUT2D eigenvalue weighted by atomic mass is 32.2. The molecule has 0 spiro atoms. The number of aryl methyl sites for hydroxylation is 2. The number of hydrogen-bond donors (Lipinski definition) is 1. The van der Waals surface area contributed by atoms with Gasteiger partial charge in [0.2, 0.25) is 0 Å². The van der Waals surface area contributed by atoms with Gasteiger partial charge in [-0.25, -0.2) is 8.42 Å². The van der Waals surface area contributed by atoms with E-state index in [9.17, 15) is 8.42 Å². The van der Waals surface area contributed by atoms with Crippen LogP contribution in [0.3, 0.4) is 0 Å². The molecule has 1 N–H and O–H groups in total. The maximum absolute atomic E-state index is 12.3. The highest BCUT2D eigenvalue weighted by Gasteiger charge is 2.18. The normalized spacial score (nSPS) is 13.3. The summed E-state index contributed by atoms with van der Waals surface area (Å²) in [5.41, 5.74) is 2.09. The van der Waals surface area contributed by atoms with Gasteiger partial charge < -0.3 is 5.32 Å². The number of benzene rings is 1. The van der Waals surface area contributed by atoms with Crippen LogP contribution in [0.25, 0.3) is 0 Å². The molecular weight excluding hydrogens is 286 g/mol. The van der Waals surface area contributed by atoms with E-state index in [1.807, 2.05) is 39.2 Å². The van der Waals surface area contributed by atoms with Gasteiger partial charge in [-0.2, -0.15) is 5.10 Å². The molecule has 0 amide bonds. The zero-order valence-corrected chi connectivity index (χ0v) is 13.4. The topological polar surface area (TPSA) is 64.0 Å². The molecular formula is C15H21N3O2S. The molecule has 0 fully saturated rings. The van der Waals surface area contributed by atoms with E-state index in [1.54, 1.807) is 23.0 Å². The van der Waals surface area contributed by atoms with Crippen LogP contribution in [0.4, 0.5) is 0 Å². The number of nitrogens with zero attached hydrogens (tertiary/aromatic N) is 2. The van der Waals surface area contributed by atoms with Gasteiger partial charge in [0.25, 0.3) is 0 Å². The van der Waals surface area contributed by atoms with Gasteiger partial charge in [0.15, 0.2) is 9.84 Å². The van der Waals surface area contributed by atoms with Crippen LogP contribution >= 0.6 is 0 Å². The Kier molecular flexibility index (Phi) is 4.80. The fourth-order valence-corrected chi connectivity index (χ4v) is 3.60. The quantitative estimate of drug-likeness (QED) is 0.882. The van der Waals surface area contributed by atoms with Crippen molar-refractivity contribution in [3.05, 3.63) is 47.8 Å². The fraction of sp³-hybridized carbons (Fsp3) is 0.400. The highest BCUT2D eigenvalue weighted by molar-refractivity contribution is 7.91. The lowest BCUT2D eigenvalue weighted by atomic mass is 10.2. The number of aromatic nitrogens is 2. The summed E-state index contributed by atoms with van der Waals surface area (Å²) in [5.74, 6) is 0.0797. The van der Waals surface area contributed by atoms with E-state index in [0.29, 0.717) is 11.4 Å². The van der Waals surface area contributed by atoms with E-state index >= 15 is 0 Å². The molecule has 0 radical (unpaired) electrons. The first-order valence-corrected chi connectivity index (χ1v) is 8.52. The van der Waals surface area contributed by atoms with Crippen molar-refractivity contribution in [1.82, 2.24) is 15.1 Å². The lowest BCUT2D eigenvalue weighted by molar-refractivity contribution is 0.556. The summed E-state index contributed by atoms with van der Waals surface area (Å²) in [6, 6.07) is 6.84. The minimum atomic E-state index is -3.26. The fourth-order valence-electron chi connectivity index (χ4n) is 2.09. The maximum Gasteiger partial charge on any atom is 0.179 e. The van der Waals surface area contributed by atoms with Crippen molar-refractivity contribution in [1.29, 1.82) is 0 Å². The second kappa shape index (κ2) is 6.41. The molecule has 1 aromatic carbocycles. The van der Waals surface area contributed by atoms with Gasteiger partial charge >= 0.3 is 0 Å². The van der Waals surface area contributed by atoms with Crippen LogP contribution in [-0.4, -0.2) is 30.0 Å². The third-order valence-corrected chi connectivity index (χ3v) is 5.19. The maximum atomic E-state index is 12.3. The molecule has 1 unspecified atom stereocenters. The Morgan fingerprint density at radius 2 is 1.95 bits per heavy atom. The van der Waals surface area contributed by atoms with Gasteiger partial charge in [0.05, 0.1) is 16.8 Å². The number of rotatable bonds is 6. The third-order valence-electron chi connectivity index (χ3n) is 3.26. The van der Waals surface area contributed by atoms with Crippen LogP contribution in [0.5, 0.6) is 0 Å². The van der Waals surface area contributed by atoms with Crippen LogP contribution in [0.15, 0.2) is 41.6 Å². The molecule has 0 aliphatic rings. The van der Waals surface area contributed by atoms with Gasteiger partial charge in [0.1, 0.15) is 0 Å². The summed E-state index contributed by atoms with van der Waals surface area (Å²) in [5, 5.41) is 7.30. The minimum absolute atomic E-state index is 0.0797. The Labute approximate surface area is 125 Å². The van der Waals surface area contributed by atoms with Gasteiger partial charge in [0, 0.05) is 31.4 Å². The monoisotopic (exact) mass is 307 g/mol. The molecule has 0 saturated heterocycles. The minimum Gasteiger partial charge on any atom is -0.309 e. The SMILES string of the molecule is Cc1ccc(S(=O)(=O)CC(C)NCc2cnn(C)c2)cc1. The first-order valence-electron chi connectivity index (χ1n) is 6.87. The summed E-state index contributed by atoms with van der Waals surface area (Å²) >= 11 is 0. The zero-order chi connectivity index (χ0) is 15.5. The smallest absolute Gasteiger partial charge is 0.179 e. The van der Waals surface area contributed by atoms with Gasteiger partial charge in [-0.3, -0.25) is 4.68 Å². The number of hydrogen-bond acceptors (Lipinski definition) is 4. The van der Waals surface area contributed by atoms with E-state index in [0.717, 1.165) is 11.1 Å². The average Bonchev–Trinajstić information content (AvgIpc) is 2.82. The zero-order valence-electron chi connectivity index (χ0n) is 12.6. The van der Waals surface area contributed by atoms with Crippen molar-refractivity contribution >= 4 is 9.84 Å². The van der Waals surface area contributed by atoms with E-state index in [1.165, 1.54) is 0 Å². The highest BCUT2D eigenvalue weighted by Crippen LogP contribution is 2.13. The van der Waals surface area contributed by atoms with E-state index in [4.69, 9.17) is 0 Å². The van der Waals surface area contributed by atoms with Crippen molar-refractivity contribution in [2.75, 3.05) is 5.75 Å². The Balaban J connectivity index is 1.94. The molecule has 1 atom stereocenters. The summed E-state index contributed by atoms with van der Waals surface area (Å²) < 4.78 is 26.4. The standard InChI is InChI=1S/C15H21N3O2S/c1-12-4-6-15(7-5-12)21(19,20)11-13(2)16-8-14-9-17-18(3)10-14/h4-7,9-10,13,16H,8,11H2,1-3H3. The second-order valence-electron chi connectivity index (χ2n) is 5.40. The molecule has 0 aliphatic heterocycles. The molecule has 2 aromatic rings. The van der Waals surface area contributed by atoms with Gasteiger partial charge in [-0.15, -0.1) is 0 Å². The van der Waals surface area contributed by atoms with E-state index in [2.05, 4.69) is 10.4 Å². The molecule has 114 valence electrons. The number of sulfone groups is 1. The average molecular weight is 307 g/mol. The van der Waals surface area contributed by atoms with Crippen LogP contribution in [0, 0.1) is 6.92 Å². The largest absolute Gasteiger partial charge is 0.309 e. The van der Waals surface area contributed by atoms with Crippen molar-refractivity contribution in [2.45, 2.75) is 31.3 Å². The Morgan fingerprint density at radius 3 is 2.52 bits per heavy atom. The second-order valence-corrected chi connectivity index (χ2v) is 7.43. The lowest BCUT2D eigenvalue weighted by Crippen LogP contribution is -2.32. The van der Waals surface area contributed by atoms with Gasteiger partial charge in [-0.1, -0.05) is 17.7 Å². The molecule has 1 heterocycles. The molecule has 6 heteroatoms. The summed E-state index contributed by atoms with van der Waals surface area (Å²) in [6.45, 7) is 4.43. The van der Waals surface area contributed by atoms with Crippen LogP contribution < -0.4 is 5.32 Å². The first kappa shape index (κ1) is 15.7. The van der Waals surface area contributed by atoms with Crippen molar-refractivity contribution < 1.29 is 8.42 Å². The molecule has 2 rings (SSSR count). The first-order chi connectivity index (χ1) is 9.87. The van der Waals surface area contributed by atoms with E-state index < -0.39 is 9.84 Å². The van der Waals surface area contributed by atoms with Crippen molar-refractivity contribution in [3.8, 4) is 0 Å². The van der Waals surface area contributed by atoms with Crippen LogP contribution in [-0.2, 0) is 23.4 Å². The molecule has 5 nitrogen and oxygen atoms in total. The Hall–Kier alpha value is -1.66. The molecule has 0 saturated carbocycles. The van der Waals surface area contributed by atoms with E-state index in [-0.39, 0.29) is 11.8 Å². The summed E-state index contributed by atoms with van der Waals surface area (Å²) in [4.78, 5) is 0.378. The Bertz CT molecular complexity index is 690. The third kappa shape index (κ3) is 4.41. The van der Waals surface area contributed by atoms with Crippen LogP contribution in [0.2, 0.25) is 0 Å². The lowest BCUT2D eigenvalue weighted by Gasteiger charge is -2.13. The van der Waals surface area contributed by atoms with Gasteiger partial charge in [-0.05, 0) is 26.0 Å². The predicted octanol–water partition coefficient (Wildman–Crippen LogP) is 1.68. The predicted molar refractivity (Wildman–Crippen MR) is 82.7 cm³/mol.